The molecular weight excluding hydrogens is 414 g/mol. The Hall–Kier alpha value is -2.61. The second-order valence-corrected chi connectivity index (χ2v) is 10.9. The van der Waals surface area contributed by atoms with E-state index in [0.29, 0.717) is 5.92 Å². The van der Waals surface area contributed by atoms with Gasteiger partial charge in [-0.3, -0.25) is 4.79 Å². The van der Waals surface area contributed by atoms with E-state index >= 15 is 0 Å². The van der Waals surface area contributed by atoms with Crippen molar-refractivity contribution in [2.24, 2.45) is 11.3 Å². The number of carbonyl (C=O) groups is 1. The maximum absolute atomic E-state index is 12.7. The van der Waals surface area contributed by atoms with Gasteiger partial charge in [-0.1, -0.05) is 85.7 Å². The van der Waals surface area contributed by atoms with E-state index in [4.69, 9.17) is 0 Å². The van der Waals surface area contributed by atoms with Gasteiger partial charge in [0.2, 0.25) is 5.91 Å². The van der Waals surface area contributed by atoms with E-state index in [-0.39, 0.29) is 11.3 Å². The van der Waals surface area contributed by atoms with Gasteiger partial charge >= 0.3 is 0 Å². The van der Waals surface area contributed by atoms with Gasteiger partial charge in [-0.25, -0.2) is 0 Å². The average Bonchev–Trinajstić information content (AvgIpc) is 2.79. The number of amides is 1. The topological polar surface area (TPSA) is 20.3 Å². The molecule has 2 heteroatoms. The van der Waals surface area contributed by atoms with Crippen LogP contribution in [0.4, 0.5) is 0 Å². The number of likely N-dealkylation sites (tertiary alicyclic amines) is 1. The van der Waals surface area contributed by atoms with Gasteiger partial charge in [-0.15, -0.1) is 0 Å². The lowest BCUT2D eigenvalue weighted by Gasteiger charge is -2.32. The number of hydrogen-bond donors (Lipinski definition) is 0. The Morgan fingerprint density at radius 1 is 1.06 bits per heavy atom. The van der Waals surface area contributed by atoms with Crippen LogP contribution in [0.2, 0.25) is 0 Å². The van der Waals surface area contributed by atoms with Crippen molar-refractivity contribution < 1.29 is 4.79 Å². The standard InChI is InChI=1S/C32H43NO/c1-25(16-17-30-27(3)13-10-20-32(30,4)5)11-9-12-26(2)23-31(34)33-21-18-29(19-22-33)24-28-14-7-6-8-15-28/h6-9,11-12,14-17,23,29H,10,13,18-22,24H2,1-5H3/b12-9+,17-16+,25-11+,26-23+. The first-order chi connectivity index (χ1) is 16.2. The molecule has 1 saturated heterocycles. The number of nitrogens with zero attached hydrogens (tertiary/aromatic N) is 1. The molecule has 3 rings (SSSR count). The third kappa shape index (κ3) is 7.72. The lowest BCUT2D eigenvalue weighted by atomic mass is 9.72. The maximum Gasteiger partial charge on any atom is 0.246 e. The van der Waals surface area contributed by atoms with Crippen molar-refractivity contribution in [1.82, 2.24) is 4.90 Å². The summed E-state index contributed by atoms with van der Waals surface area (Å²) in [6.45, 7) is 12.8. The molecule has 1 aromatic rings. The van der Waals surface area contributed by atoms with Crippen LogP contribution in [0.3, 0.4) is 0 Å². The molecule has 1 aliphatic carbocycles. The molecule has 0 radical (unpaired) electrons. The molecule has 0 saturated carbocycles. The Morgan fingerprint density at radius 2 is 1.76 bits per heavy atom. The highest BCUT2D eigenvalue weighted by atomic mass is 16.2. The van der Waals surface area contributed by atoms with Gasteiger partial charge in [0.1, 0.15) is 0 Å². The van der Waals surface area contributed by atoms with E-state index in [1.54, 1.807) is 6.08 Å². The molecule has 1 heterocycles. The minimum atomic E-state index is 0.142. The zero-order chi connectivity index (χ0) is 24.6. The molecule has 1 aliphatic heterocycles. The van der Waals surface area contributed by atoms with Crippen LogP contribution in [0.1, 0.15) is 72.3 Å². The van der Waals surface area contributed by atoms with Crippen molar-refractivity contribution in [3.63, 3.8) is 0 Å². The van der Waals surface area contributed by atoms with Gasteiger partial charge in [0.05, 0.1) is 0 Å². The van der Waals surface area contributed by atoms with Crippen LogP contribution in [0.15, 0.2) is 89.1 Å². The summed E-state index contributed by atoms with van der Waals surface area (Å²) in [7, 11) is 0. The molecule has 1 aromatic carbocycles. The van der Waals surface area contributed by atoms with Gasteiger partial charge in [0.25, 0.3) is 0 Å². The van der Waals surface area contributed by atoms with Gasteiger partial charge in [-0.2, -0.15) is 0 Å². The summed E-state index contributed by atoms with van der Waals surface area (Å²) in [4.78, 5) is 14.7. The second-order valence-electron chi connectivity index (χ2n) is 10.9. The molecule has 0 aromatic heterocycles. The van der Waals surface area contributed by atoms with Crippen molar-refractivity contribution in [3.05, 3.63) is 94.6 Å². The largest absolute Gasteiger partial charge is 0.339 e. The van der Waals surface area contributed by atoms with Crippen LogP contribution in [0.5, 0.6) is 0 Å². The van der Waals surface area contributed by atoms with Crippen molar-refractivity contribution in [1.29, 1.82) is 0 Å². The number of hydrogen-bond acceptors (Lipinski definition) is 1. The molecule has 182 valence electrons. The highest BCUT2D eigenvalue weighted by Crippen LogP contribution is 2.40. The number of benzene rings is 1. The van der Waals surface area contributed by atoms with Gasteiger partial charge in [0.15, 0.2) is 0 Å². The van der Waals surface area contributed by atoms with Gasteiger partial charge in [0, 0.05) is 19.2 Å². The molecule has 2 nitrogen and oxygen atoms in total. The average molecular weight is 458 g/mol. The molecular formula is C32H43NO. The lowest BCUT2D eigenvalue weighted by molar-refractivity contribution is -0.127. The lowest BCUT2D eigenvalue weighted by Crippen LogP contribution is -2.38. The smallest absolute Gasteiger partial charge is 0.246 e. The van der Waals surface area contributed by atoms with Crippen molar-refractivity contribution in [2.45, 2.75) is 73.1 Å². The monoisotopic (exact) mass is 457 g/mol. The zero-order valence-electron chi connectivity index (χ0n) is 21.9. The van der Waals surface area contributed by atoms with E-state index in [2.05, 4.69) is 82.3 Å². The first kappa shape index (κ1) is 26.0. The summed E-state index contributed by atoms with van der Waals surface area (Å²) < 4.78 is 0. The molecule has 0 N–H and O–H groups in total. The van der Waals surface area contributed by atoms with Gasteiger partial charge in [-0.05, 0) is 87.3 Å². The fraction of sp³-hybridized carbons (Fsp3) is 0.469. The first-order valence-electron chi connectivity index (χ1n) is 13.0. The third-order valence-corrected chi connectivity index (χ3v) is 7.42. The van der Waals surface area contributed by atoms with Crippen LogP contribution in [0.25, 0.3) is 0 Å². The number of rotatable bonds is 7. The molecule has 0 spiro atoms. The predicted molar refractivity (Wildman–Crippen MR) is 146 cm³/mol. The van der Waals surface area contributed by atoms with Crippen LogP contribution in [-0.4, -0.2) is 23.9 Å². The molecule has 0 unspecified atom stereocenters. The number of piperidine rings is 1. The minimum absolute atomic E-state index is 0.142. The fourth-order valence-electron chi connectivity index (χ4n) is 5.27. The highest BCUT2D eigenvalue weighted by molar-refractivity contribution is 5.88. The van der Waals surface area contributed by atoms with E-state index in [1.165, 1.54) is 41.5 Å². The Kier molecular flexibility index (Phi) is 9.33. The third-order valence-electron chi connectivity index (χ3n) is 7.42. The van der Waals surface area contributed by atoms with Crippen molar-refractivity contribution in [2.75, 3.05) is 13.1 Å². The molecule has 1 fully saturated rings. The molecule has 0 bridgehead atoms. The zero-order valence-corrected chi connectivity index (χ0v) is 21.9. The van der Waals surface area contributed by atoms with Crippen LogP contribution >= 0.6 is 0 Å². The summed E-state index contributed by atoms with van der Waals surface area (Å²) >= 11 is 0. The Morgan fingerprint density at radius 3 is 2.44 bits per heavy atom. The second kappa shape index (κ2) is 12.2. The number of carbonyl (C=O) groups excluding carboxylic acids is 1. The Bertz CT molecular complexity index is 979. The Balaban J connectivity index is 1.49. The Labute approximate surface area is 207 Å². The molecule has 2 aliphatic rings. The molecule has 1 amide bonds. The maximum atomic E-state index is 12.7. The predicted octanol–water partition coefficient (Wildman–Crippen LogP) is 8.00. The van der Waals surface area contributed by atoms with Crippen LogP contribution in [0, 0.1) is 11.3 Å². The molecule has 0 atom stereocenters. The van der Waals surface area contributed by atoms with E-state index in [9.17, 15) is 4.79 Å². The van der Waals surface area contributed by atoms with Crippen LogP contribution < -0.4 is 0 Å². The number of allylic oxidation sites excluding steroid dienone is 9. The quantitative estimate of drug-likeness (QED) is 0.300. The summed E-state index contributed by atoms with van der Waals surface area (Å²) in [5, 5.41) is 0. The summed E-state index contributed by atoms with van der Waals surface area (Å²) in [5.41, 5.74) is 6.90. The summed E-state index contributed by atoms with van der Waals surface area (Å²) in [6, 6.07) is 10.7. The highest BCUT2D eigenvalue weighted by Gasteiger charge is 2.26. The normalized spacial score (nSPS) is 20.6. The first-order valence-corrected chi connectivity index (χ1v) is 13.0. The van der Waals surface area contributed by atoms with Crippen LogP contribution in [-0.2, 0) is 11.2 Å². The SMILES string of the molecule is CC1=C(/C=C/C(C)=C/C=C/C(C)=C/C(=O)N2CCC(Cc3ccccc3)CC2)C(C)(C)CCC1. The van der Waals surface area contributed by atoms with E-state index in [1.807, 2.05) is 17.9 Å². The van der Waals surface area contributed by atoms with E-state index < -0.39 is 0 Å². The van der Waals surface area contributed by atoms with Gasteiger partial charge < -0.3 is 4.90 Å². The van der Waals surface area contributed by atoms with Crippen molar-refractivity contribution in [3.8, 4) is 0 Å². The molecule has 34 heavy (non-hydrogen) atoms. The summed E-state index contributed by atoms with van der Waals surface area (Å²) in [5.74, 6) is 0.819. The minimum Gasteiger partial charge on any atom is -0.339 e. The van der Waals surface area contributed by atoms with Crippen molar-refractivity contribution >= 4 is 5.91 Å². The summed E-state index contributed by atoms with van der Waals surface area (Å²) in [6.07, 6.45) is 19.6. The fourth-order valence-corrected chi connectivity index (χ4v) is 5.27. The van der Waals surface area contributed by atoms with E-state index in [0.717, 1.165) is 37.9 Å².